The zero-order valence-electron chi connectivity index (χ0n) is 17.8. The van der Waals surface area contributed by atoms with Gasteiger partial charge < -0.3 is 9.64 Å². The van der Waals surface area contributed by atoms with E-state index in [0.717, 1.165) is 25.1 Å². The van der Waals surface area contributed by atoms with Gasteiger partial charge in [-0.3, -0.25) is 4.98 Å². The van der Waals surface area contributed by atoms with Crippen LogP contribution in [0.25, 0.3) is 12.2 Å². The molecular weight excluding hydrogens is 434 g/mol. The number of sulfone groups is 1. The van der Waals surface area contributed by atoms with Crippen LogP contribution in [0.3, 0.4) is 0 Å². The Balaban J connectivity index is 1.77. The van der Waals surface area contributed by atoms with E-state index in [1.54, 1.807) is 18.2 Å². The van der Waals surface area contributed by atoms with Crippen molar-refractivity contribution in [1.29, 1.82) is 0 Å². The molecule has 0 spiro atoms. The van der Waals surface area contributed by atoms with E-state index in [-0.39, 0.29) is 15.4 Å². The maximum Gasteiger partial charge on any atom is 0.211 e. The monoisotopic (exact) mass is 458 g/mol. The number of ether oxygens (including phenoxy) is 1. The molecule has 5 nitrogen and oxygen atoms in total. The summed E-state index contributed by atoms with van der Waals surface area (Å²) in [6.45, 7) is 1.22. The number of nitrogens with zero attached hydrogens (tertiary/aromatic N) is 2. The molecule has 0 saturated carbocycles. The van der Waals surface area contributed by atoms with E-state index < -0.39 is 21.5 Å². The lowest BCUT2D eigenvalue weighted by Crippen LogP contribution is -2.16. The lowest BCUT2D eigenvalue weighted by molar-refractivity contribution is 0.276. The molecule has 2 aromatic carbocycles. The van der Waals surface area contributed by atoms with Crippen molar-refractivity contribution in [3.63, 3.8) is 0 Å². The van der Waals surface area contributed by atoms with E-state index in [1.807, 2.05) is 19.0 Å². The van der Waals surface area contributed by atoms with Crippen molar-refractivity contribution in [2.45, 2.75) is 16.2 Å². The molecule has 3 aromatic rings. The smallest absolute Gasteiger partial charge is 0.211 e. The molecule has 0 amide bonds. The highest BCUT2D eigenvalue weighted by Crippen LogP contribution is 2.29. The number of benzene rings is 2. The van der Waals surface area contributed by atoms with Crippen LogP contribution in [0.15, 0.2) is 70.6 Å². The van der Waals surface area contributed by atoms with Gasteiger partial charge in [-0.2, -0.15) is 0 Å². The first-order valence-corrected chi connectivity index (χ1v) is 11.5. The Morgan fingerprint density at radius 3 is 2.50 bits per heavy atom. The Kier molecular flexibility index (Phi) is 7.71. The van der Waals surface area contributed by atoms with Crippen molar-refractivity contribution < 1.29 is 21.9 Å². The average molecular weight is 459 g/mol. The van der Waals surface area contributed by atoms with Gasteiger partial charge in [-0.05, 0) is 69.1 Å². The van der Waals surface area contributed by atoms with Gasteiger partial charge in [0.25, 0.3) is 0 Å². The second kappa shape index (κ2) is 10.5. The minimum Gasteiger partial charge on any atom is -0.492 e. The molecule has 0 N–H and O–H groups in total. The van der Waals surface area contributed by atoms with Crippen molar-refractivity contribution >= 4 is 22.0 Å². The molecule has 0 unspecified atom stereocenters. The highest BCUT2D eigenvalue weighted by atomic mass is 32.2. The summed E-state index contributed by atoms with van der Waals surface area (Å²) in [4.78, 5) is 6.27. The Hall–Kier alpha value is -3.10. The van der Waals surface area contributed by atoms with Crippen LogP contribution in [0, 0.1) is 11.6 Å². The summed E-state index contributed by atoms with van der Waals surface area (Å²) < 4.78 is 58.7. The predicted octanol–water partition coefficient (Wildman–Crippen LogP) is 4.69. The summed E-state index contributed by atoms with van der Waals surface area (Å²) in [5, 5.41) is 0. The highest BCUT2D eigenvalue weighted by Gasteiger charge is 2.22. The topological polar surface area (TPSA) is 59.5 Å². The molecule has 0 saturated heterocycles. The Morgan fingerprint density at radius 2 is 1.81 bits per heavy atom. The molecule has 168 valence electrons. The molecule has 3 rings (SSSR count). The van der Waals surface area contributed by atoms with Crippen LogP contribution in [0.5, 0.6) is 5.75 Å². The van der Waals surface area contributed by atoms with E-state index in [9.17, 15) is 17.2 Å². The van der Waals surface area contributed by atoms with E-state index in [4.69, 9.17) is 4.74 Å². The number of hydrogen-bond donors (Lipinski definition) is 0. The molecule has 1 heterocycles. The molecule has 8 heteroatoms. The van der Waals surface area contributed by atoms with Gasteiger partial charge in [-0.25, -0.2) is 17.2 Å². The van der Waals surface area contributed by atoms with Gasteiger partial charge >= 0.3 is 0 Å². The first kappa shape index (κ1) is 23.6. The normalized spacial score (nSPS) is 11.9. The summed E-state index contributed by atoms with van der Waals surface area (Å²) in [5.41, 5.74) is 0.631. The first-order chi connectivity index (χ1) is 15.3. The minimum absolute atomic E-state index is 0.0203. The molecule has 0 radical (unpaired) electrons. The van der Waals surface area contributed by atoms with Crippen LogP contribution in [0.4, 0.5) is 8.78 Å². The minimum atomic E-state index is -3.84. The van der Waals surface area contributed by atoms with Gasteiger partial charge in [0.2, 0.25) is 9.84 Å². The summed E-state index contributed by atoms with van der Waals surface area (Å²) in [6, 6.07) is 12.7. The van der Waals surface area contributed by atoms with E-state index >= 15 is 0 Å². The second-order valence-corrected chi connectivity index (χ2v) is 9.29. The predicted molar refractivity (Wildman–Crippen MR) is 120 cm³/mol. The van der Waals surface area contributed by atoms with E-state index in [1.165, 1.54) is 42.6 Å². The number of halogens is 2. The largest absolute Gasteiger partial charge is 0.492 e. The molecule has 32 heavy (non-hydrogen) atoms. The van der Waals surface area contributed by atoms with Crippen molar-refractivity contribution in [3.05, 3.63) is 83.7 Å². The van der Waals surface area contributed by atoms with Crippen molar-refractivity contribution in [2.24, 2.45) is 0 Å². The maximum atomic E-state index is 13.7. The fourth-order valence-corrected chi connectivity index (χ4v) is 4.28. The summed E-state index contributed by atoms with van der Waals surface area (Å²) >= 11 is 0. The van der Waals surface area contributed by atoms with Crippen LogP contribution in [0.2, 0.25) is 0 Å². The van der Waals surface area contributed by atoms with Gasteiger partial charge in [0, 0.05) is 24.4 Å². The zero-order chi connectivity index (χ0) is 23.1. The summed E-state index contributed by atoms with van der Waals surface area (Å²) in [7, 11) is 0.0754. The van der Waals surface area contributed by atoms with Crippen LogP contribution < -0.4 is 4.74 Å². The summed E-state index contributed by atoms with van der Waals surface area (Å²) in [5.74, 6) is -1.06. The second-order valence-electron chi connectivity index (χ2n) is 7.37. The SMILES string of the molecule is CN(C)CCCOc1ccccc1S(=O)(=O)c1ccc(C=Cc2ccc(F)cc2F)nc1. The van der Waals surface area contributed by atoms with Gasteiger partial charge in [0.1, 0.15) is 22.3 Å². The van der Waals surface area contributed by atoms with Crippen LogP contribution in [0.1, 0.15) is 17.7 Å². The third kappa shape index (κ3) is 5.99. The molecule has 0 atom stereocenters. The standard InChI is InChI=1S/C24H24F2N2O3S/c1-28(2)14-5-15-31-23-6-3-4-7-24(23)32(29,30)21-13-12-20(27-17-21)11-9-18-8-10-19(25)16-22(18)26/h3-4,6-13,16-17H,5,14-15H2,1-2H3. The Labute approximate surface area is 186 Å². The number of para-hydroxylation sites is 1. The Morgan fingerprint density at radius 1 is 1.03 bits per heavy atom. The zero-order valence-corrected chi connectivity index (χ0v) is 18.6. The molecule has 0 bridgehead atoms. The third-order valence-corrected chi connectivity index (χ3v) is 6.39. The van der Waals surface area contributed by atoms with Gasteiger partial charge in [0.05, 0.1) is 17.2 Å². The van der Waals surface area contributed by atoms with Crippen LogP contribution >= 0.6 is 0 Å². The van der Waals surface area contributed by atoms with E-state index in [0.29, 0.717) is 18.1 Å². The lowest BCUT2D eigenvalue weighted by Gasteiger charge is -2.13. The number of pyridine rings is 1. The van der Waals surface area contributed by atoms with Crippen LogP contribution in [-0.2, 0) is 9.84 Å². The fraction of sp³-hybridized carbons (Fsp3) is 0.208. The number of aromatic nitrogens is 1. The molecule has 0 aliphatic heterocycles. The average Bonchev–Trinajstić information content (AvgIpc) is 2.76. The molecular formula is C24H24F2N2O3S. The molecule has 0 aliphatic carbocycles. The number of rotatable bonds is 9. The van der Waals surface area contributed by atoms with Gasteiger partial charge in [-0.15, -0.1) is 0 Å². The van der Waals surface area contributed by atoms with Crippen LogP contribution in [-0.4, -0.2) is 45.5 Å². The highest BCUT2D eigenvalue weighted by molar-refractivity contribution is 7.91. The molecule has 1 aromatic heterocycles. The fourth-order valence-electron chi connectivity index (χ4n) is 2.94. The summed E-state index contributed by atoms with van der Waals surface area (Å²) in [6.07, 6.45) is 4.98. The van der Waals surface area contributed by atoms with Crippen molar-refractivity contribution in [1.82, 2.24) is 9.88 Å². The number of hydrogen-bond acceptors (Lipinski definition) is 5. The lowest BCUT2D eigenvalue weighted by atomic mass is 10.2. The van der Waals surface area contributed by atoms with E-state index in [2.05, 4.69) is 4.98 Å². The van der Waals surface area contributed by atoms with Gasteiger partial charge in [0.15, 0.2) is 0 Å². The maximum absolute atomic E-state index is 13.7. The van der Waals surface area contributed by atoms with Crippen molar-refractivity contribution in [3.8, 4) is 5.75 Å². The molecule has 0 fully saturated rings. The first-order valence-electron chi connectivity index (χ1n) is 9.98. The Bertz CT molecular complexity index is 1190. The van der Waals surface area contributed by atoms with Gasteiger partial charge in [-0.1, -0.05) is 12.1 Å². The quantitative estimate of drug-likeness (QED) is 0.435. The molecule has 0 aliphatic rings. The van der Waals surface area contributed by atoms with Crippen molar-refractivity contribution in [2.75, 3.05) is 27.2 Å². The third-order valence-electron chi connectivity index (χ3n) is 4.61.